The maximum Gasteiger partial charge on any atom is 0.285 e. The van der Waals surface area contributed by atoms with Gasteiger partial charge in [-0.05, 0) is 31.9 Å². The molecule has 1 saturated heterocycles. The minimum atomic E-state index is -3.66. The lowest BCUT2D eigenvalue weighted by atomic mass is 9.96. The molecule has 3 heterocycles. The zero-order chi connectivity index (χ0) is 18.3. The number of nitrogens with zero attached hydrogens (tertiary/aromatic N) is 4. The van der Waals surface area contributed by atoms with Gasteiger partial charge in [0.2, 0.25) is 11.0 Å². The van der Waals surface area contributed by atoms with Gasteiger partial charge in [-0.3, -0.25) is 4.79 Å². The number of sulfonamides is 1. The molecule has 0 spiro atoms. The topological polar surface area (TPSA) is 105 Å². The van der Waals surface area contributed by atoms with E-state index in [0.29, 0.717) is 29.6 Å². The van der Waals surface area contributed by atoms with Crippen LogP contribution in [0.25, 0.3) is 0 Å². The highest BCUT2D eigenvalue weighted by Crippen LogP contribution is 2.30. The Bertz CT molecular complexity index is 999. The van der Waals surface area contributed by atoms with E-state index in [2.05, 4.69) is 19.9 Å². The van der Waals surface area contributed by atoms with E-state index in [0.717, 1.165) is 17.8 Å². The van der Waals surface area contributed by atoms with E-state index < -0.39 is 10.0 Å². The third kappa shape index (κ3) is 3.10. The molecule has 1 amide bonds. The molecule has 136 valence electrons. The predicted molar refractivity (Wildman–Crippen MR) is 97.7 cm³/mol. The van der Waals surface area contributed by atoms with Gasteiger partial charge in [0.15, 0.2) is 5.84 Å². The second-order valence-electron chi connectivity index (χ2n) is 6.29. The highest BCUT2D eigenvalue weighted by Gasteiger charge is 2.35. The van der Waals surface area contributed by atoms with Gasteiger partial charge in [-0.15, -0.1) is 14.6 Å². The van der Waals surface area contributed by atoms with Crippen molar-refractivity contribution >= 4 is 38.2 Å². The van der Waals surface area contributed by atoms with Crippen LogP contribution in [0.2, 0.25) is 0 Å². The summed E-state index contributed by atoms with van der Waals surface area (Å²) in [7, 11) is -3.66. The average molecular weight is 391 g/mol. The van der Waals surface area contributed by atoms with E-state index >= 15 is 0 Å². The molecule has 2 aromatic rings. The first-order chi connectivity index (χ1) is 12.4. The van der Waals surface area contributed by atoms with E-state index in [4.69, 9.17) is 0 Å². The Hall–Kier alpha value is -2.33. The van der Waals surface area contributed by atoms with Crippen molar-refractivity contribution in [2.24, 2.45) is 10.3 Å². The van der Waals surface area contributed by atoms with Crippen molar-refractivity contribution in [1.82, 2.24) is 15.1 Å². The summed E-state index contributed by atoms with van der Waals surface area (Å²) >= 11 is 1.33. The Morgan fingerprint density at radius 2 is 2.12 bits per heavy atom. The number of carbonyl (C=O) groups excluding carboxylic acids is 1. The van der Waals surface area contributed by atoms with Crippen LogP contribution in [0.1, 0.15) is 23.4 Å². The fourth-order valence-electron chi connectivity index (χ4n) is 3.25. The van der Waals surface area contributed by atoms with Crippen LogP contribution < -0.4 is 5.32 Å². The molecular weight excluding hydrogens is 374 g/mol. The number of aryl methyl sites for hydroxylation is 1. The number of aromatic nitrogens is 2. The number of rotatable bonds is 2. The number of benzene rings is 1. The highest BCUT2D eigenvalue weighted by atomic mass is 32.2. The van der Waals surface area contributed by atoms with Gasteiger partial charge in [-0.2, -0.15) is 8.42 Å². The number of amides is 1. The molecule has 0 radical (unpaired) electrons. The SMILES string of the molecule is Cc1nnc(NC(=O)[C@@H]2CCCN(C3=NS(=O)(=O)c4ccccc43)C2)s1. The summed E-state index contributed by atoms with van der Waals surface area (Å²) in [5.41, 5.74) is 0.605. The number of hydrogen-bond acceptors (Lipinski definition) is 7. The van der Waals surface area contributed by atoms with Crippen molar-refractivity contribution in [3.05, 3.63) is 34.8 Å². The molecule has 0 saturated carbocycles. The molecule has 8 nitrogen and oxygen atoms in total. The van der Waals surface area contributed by atoms with Gasteiger partial charge in [0, 0.05) is 18.7 Å². The minimum absolute atomic E-state index is 0.124. The molecule has 26 heavy (non-hydrogen) atoms. The molecule has 0 aliphatic carbocycles. The van der Waals surface area contributed by atoms with Crippen LogP contribution in [0.3, 0.4) is 0 Å². The smallest absolute Gasteiger partial charge is 0.285 e. The van der Waals surface area contributed by atoms with Crippen LogP contribution in [0, 0.1) is 12.8 Å². The van der Waals surface area contributed by atoms with Gasteiger partial charge in [0.1, 0.15) is 9.90 Å². The minimum Gasteiger partial charge on any atom is -0.355 e. The largest absolute Gasteiger partial charge is 0.355 e. The lowest BCUT2D eigenvalue weighted by Gasteiger charge is -2.33. The number of likely N-dealkylation sites (tertiary alicyclic amines) is 1. The number of nitrogens with one attached hydrogen (secondary N) is 1. The number of hydrogen-bond donors (Lipinski definition) is 1. The number of fused-ring (bicyclic) bond motifs is 1. The third-order valence-electron chi connectivity index (χ3n) is 4.46. The Morgan fingerprint density at radius 1 is 1.31 bits per heavy atom. The Labute approximate surface area is 155 Å². The quantitative estimate of drug-likeness (QED) is 0.835. The van der Waals surface area contributed by atoms with Crippen molar-refractivity contribution in [3.63, 3.8) is 0 Å². The van der Waals surface area contributed by atoms with E-state index in [1.54, 1.807) is 24.3 Å². The number of amidine groups is 1. The second kappa shape index (κ2) is 6.44. The first-order valence-corrected chi connectivity index (χ1v) is 10.5. The van der Waals surface area contributed by atoms with Crippen molar-refractivity contribution < 1.29 is 13.2 Å². The molecule has 1 N–H and O–H groups in total. The van der Waals surface area contributed by atoms with Gasteiger partial charge >= 0.3 is 0 Å². The van der Waals surface area contributed by atoms with Crippen LogP contribution in [0.15, 0.2) is 33.6 Å². The third-order valence-corrected chi connectivity index (χ3v) is 6.54. The molecule has 1 aromatic carbocycles. The lowest BCUT2D eigenvalue weighted by Crippen LogP contribution is -2.43. The van der Waals surface area contributed by atoms with Crippen LogP contribution in [0.4, 0.5) is 5.13 Å². The van der Waals surface area contributed by atoms with E-state index in [9.17, 15) is 13.2 Å². The lowest BCUT2D eigenvalue weighted by molar-refractivity contribution is -0.121. The van der Waals surface area contributed by atoms with E-state index in [-0.39, 0.29) is 16.7 Å². The van der Waals surface area contributed by atoms with Crippen LogP contribution >= 0.6 is 11.3 Å². The van der Waals surface area contributed by atoms with Crippen molar-refractivity contribution in [2.75, 3.05) is 18.4 Å². The number of carbonyl (C=O) groups is 1. The molecule has 2 aliphatic rings. The van der Waals surface area contributed by atoms with Gasteiger partial charge in [-0.1, -0.05) is 23.5 Å². The van der Waals surface area contributed by atoms with Crippen LogP contribution in [0.5, 0.6) is 0 Å². The fourth-order valence-corrected chi connectivity index (χ4v) is 5.08. The van der Waals surface area contributed by atoms with Crippen molar-refractivity contribution in [2.45, 2.75) is 24.7 Å². The van der Waals surface area contributed by atoms with Gasteiger partial charge < -0.3 is 10.2 Å². The fraction of sp³-hybridized carbons (Fsp3) is 0.375. The average Bonchev–Trinajstić information content (AvgIpc) is 3.16. The molecule has 0 unspecified atom stereocenters. The van der Waals surface area contributed by atoms with E-state index in [1.807, 2.05) is 11.8 Å². The van der Waals surface area contributed by atoms with Gasteiger partial charge in [0.05, 0.1) is 5.92 Å². The molecule has 1 fully saturated rings. The zero-order valence-corrected chi connectivity index (χ0v) is 15.7. The van der Waals surface area contributed by atoms with E-state index in [1.165, 1.54) is 11.3 Å². The molecule has 1 atom stereocenters. The number of anilines is 1. The summed E-state index contributed by atoms with van der Waals surface area (Å²) in [6.45, 7) is 2.92. The first kappa shape index (κ1) is 17.1. The standard InChI is InChI=1S/C16H17N5O3S2/c1-10-18-19-16(25-10)17-15(22)11-5-4-8-21(9-11)14-12-6-2-3-7-13(12)26(23,24)20-14/h2-3,6-7,11H,4-5,8-9H2,1H3,(H,17,19,22)/t11-/m1/s1. The predicted octanol–water partition coefficient (Wildman–Crippen LogP) is 1.65. The number of piperidine rings is 1. The van der Waals surface area contributed by atoms with Crippen molar-refractivity contribution in [1.29, 1.82) is 0 Å². The summed E-state index contributed by atoms with van der Waals surface area (Å²) in [5.74, 6) is 0.0524. The zero-order valence-electron chi connectivity index (χ0n) is 14.0. The Balaban J connectivity index is 1.53. The Morgan fingerprint density at radius 3 is 2.88 bits per heavy atom. The molecule has 0 bridgehead atoms. The molecule has 2 aliphatic heterocycles. The van der Waals surface area contributed by atoms with Gasteiger partial charge in [-0.25, -0.2) is 0 Å². The van der Waals surface area contributed by atoms with Crippen molar-refractivity contribution in [3.8, 4) is 0 Å². The molecule has 1 aromatic heterocycles. The maximum absolute atomic E-state index is 12.6. The molecular formula is C16H17N5O3S2. The summed E-state index contributed by atoms with van der Waals surface area (Å²) in [6, 6.07) is 6.80. The summed E-state index contributed by atoms with van der Waals surface area (Å²) in [5, 5.41) is 11.9. The highest BCUT2D eigenvalue weighted by molar-refractivity contribution is 7.90. The summed E-state index contributed by atoms with van der Waals surface area (Å²) < 4.78 is 28.5. The van der Waals surface area contributed by atoms with Crippen LogP contribution in [-0.4, -0.2) is 48.3 Å². The first-order valence-electron chi connectivity index (χ1n) is 8.24. The summed E-state index contributed by atoms with van der Waals surface area (Å²) in [6.07, 6.45) is 1.52. The van der Waals surface area contributed by atoms with Crippen LogP contribution in [-0.2, 0) is 14.8 Å². The summed E-state index contributed by atoms with van der Waals surface area (Å²) in [4.78, 5) is 14.7. The Kier molecular flexibility index (Phi) is 4.23. The molecule has 10 heteroatoms. The molecule has 4 rings (SSSR count). The monoisotopic (exact) mass is 391 g/mol. The second-order valence-corrected chi connectivity index (χ2v) is 9.04. The normalized spacial score (nSPS) is 21.2. The van der Waals surface area contributed by atoms with Gasteiger partial charge in [0.25, 0.3) is 10.0 Å². The maximum atomic E-state index is 12.6.